The fourth-order valence-electron chi connectivity index (χ4n) is 2.61. The Labute approximate surface area is 120 Å². The fourth-order valence-corrected chi connectivity index (χ4v) is 2.61. The number of ether oxygens (including phenoxy) is 2. The van der Waals surface area contributed by atoms with Gasteiger partial charge in [-0.05, 0) is 13.0 Å². The van der Waals surface area contributed by atoms with Crippen LogP contribution in [0.2, 0.25) is 0 Å². The van der Waals surface area contributed by atoms with Crippen molar-refractivity contribution in [3.8, 4) is 0 Å². The highest BCUT2D eigenvalue weighted by atomic mass is 16.5. The second-order valence-corrected chi connectivity index (χ2v) is 5.72. The van der Waals surface area contributed by atoms with Gasteiger partial charge in [0.2, 0.25) is 5.91 Å². The number of carbonyl (C=O) groups excluding carboxylic acids is 1. The van der Waals surface area contributed by atoms with Crippen LogP contribution in [0.3, 0.4) is 0 Å². The summed E-state index contributed by atoms with van der Waals surface area (Å²) in [6, 6.07) is -0.235. The molecule has 6 heteroatoms. The number of hydrogen-bond acceptors (Lipinski definition) is 5. The smallest absolute Gasteiger partial charge is 0.239 e. The maximum absolute atomic E-state index is 12.3. The Morgan fingerprint density at radius 1 is 1.45 bits per heavy atom. The van der Waals surface area contributed by atoms with Crippen LogP contribution in [0, 0.1) is 0 Å². The van der Waals surface area contributed by atoms with E-state index >= 15 is 0 Å². The molecule has 0 aromatic heterocycles. The highest BCUT2D eigenvalue weighted by molar-refractivity contribution is 5.82. The lowest BCUT2D eigenvalue weighted by Gasteiger charge is -2.35. The van der Waals surface area contributed by atoms with Crippen LogP contribution >= 0.6 is 0 Å². The van der Waals surface area contributed by atoms with Crippen molar-refractivity contribution in [2.45, 2.75) is 37.8 Å². The Kier molecular flexibility index (Phi) is 5.77. The van der Waals surface area contributed by atoms with E-state index in [0.717, 1.165) is 25.9 Å². The summed E-state index contributed by atoms with van der Waals surface area (Å²) < 4.78 is 10.6. The molecule has 0 unspecified atom stereocenters. The van der Waals surface area contributed by atoms with E-state index in [0.29, 0.717) is 32.8 Å². The molecule has 1 amide bonds. The number of nitrogens with zero attached hydrogens (tertiary/aromatic N) is 1. The number of nitrogens with one attached hydrogen (secondary N) is 1. The quantitative estimate of drug-likeness (QED) is 0.705. The second-order valence-electron chi connectivity index (χ2n) is 5.72. The van der Waals surface area contributed by atoms with Crippen molar-refractivity contribution in [2.75, 3.05) is 46.1 Å². The maximum Gasteiger partial charge on any atom is 0.239 e. The zero-order valence-electron chi connectivity index (χ0n) is 12.3. The van der Waals surface area contributed by atoms with Crippen LogP contribution in [0.1, 0.15) is 26.2 Å². The minimum Gasteiger partial charge on any atom is -0.386 e. The largest absolute Gasteiger partial charge is 0.386 e. The molecule has 2 rings (SSSR count). The van der Waals surface area contributed by atoms with Gasteiger partial charge in [-0.25, -0.2) is 0 Å². The van der Waals surface area contributed by atoms with Crippen molar-refractivity contribution in [3.05, 3.63) is 0 Å². The second kappa shape index (κ2) is 7.36. The SMILES string of the molecule is CCCCN1CCOC[C@H]1C(=O)NC[C@]1(O)CCOC1. The molecule has 2 N–H and O–H groups in total. The molecule has 0 spiro atoms. The molecule has 0 aliphatic carbocycles. The van der Waals surface area contributed by atoms with Crippen LogP contribution in [0.15, 0.2) is 0 Å². The van der Waals surface area contributed by atoms with Crippen molar-refractivity contribution in [2.24, 2.45) is 0 Å². The summed E-state index contributed by atoms with van der Waals surface area (Å²) in [6.45, 7) is 6.09. The zero-order chi connectivity index (χ0) is 14.4. The van der Waals surface area contributed by atoms with Crippen LogP contribution in [-0.4, -0.2) is 73.6 Å². The lowest BCUT2D eigenvalue weighted by atomic mass is 10.0. The molecule has 2 fully saturated rings. The summed E-state index contributed by atoms with van der Waals surface area (Å²) in [7, 11) is 0. The van der Waals surface area contributed by atoms with E-state index in [-0.39, 0.29) is 18.5 Å². The van der Waals surface area contributed by atoms with Crippen molar-refractivity contribution < 1.29 is 19.4 Å². The topological polar surface area (TPSA) is 71.0 Å². The van der Waals surface area contributed by atoms with Crippen LogP contribution in [-0.2, 0) is 14.3 Å². The molecule has 2 heterocycles. The van der Waals surface area contributed by atoms with Gasteiger partial charge in [-0.2, -0.15) is 0 Å². The first-order chi connectivity index (χ1) is 9.64. The number of carbonyl (C=O) groups is 1. The van der Waals surface area contributed by atoms with E-state index in [4.69, 9.17) is 9.47 Å². The Hall–Kier alpha value is -0.690. The molecule has 6 nitrogen and oxygen atoms in total. The molecule has 0 radical (unpaired) electrons. The van der Waals surface area contributed by atoms with Crippen molar-refractivity contribution in [1.29, 1.82) is 0 Å². The fraction of sp³-hybridized carbons (Fsp3) is 0.929. The number of hydrogen-bond donors (Lipinski definition) is 2. The van der Waals surface area contributed by atoms with E-state index in [1.54, 1.807) is 0 Å². The van der Waals surface area contributed by atoms with E-state index in [2.05, 4.69) is 17.1 Å². The highest BCUT2D eigenvalue weighted by Gasteiger charge is 2.35. The van der Waals surface area contributed by atoms with Gasteiger partial charge >= 0.3 is 0 Å². The molecule has 0 saturated carbocycles. The van der Waals surface area contributed by atoms with Gasteiger partial charge in [0.1, 0.15) is 11.6 Å². The van der Waals surface area contributed by atoms with Crippen LogP contribution in [0.5, 0.6) is 0 Å². The number of unbranched alkanes of at least 4 members (excludes halogenated alkanes) is 1. The van der Waals surface area contributed by atoms with Crippen molar-refractivity contribution in [1.82, 2.24) is 10.2 Å². The predicted molar refractivity (Wildman–Crippen MR) is 74.5 cm³/mol. The van der Waals surface area contributed by atoms with E-state index < -0.39 is 5.60 Å². The predicted octanol–water partition coefficient (Wildman–Crippen LogP) is -0.245. The Morgan fingerprint density at radius 3 is 3.00 bits per heavy atom. The molecule has 116 valence electrons. The summed E-state index contributed by atoms with van der Waals surface area (Å²) in [5.41, 5.74) is -0.903. The van der Waals surface area contributed by atoms with Crippen LogP contribution in [0.4, 0.5) is 0 Å². The monoisotopic (exact) mass is 286 g/mol. The zero-order valence-corrected chi connectivity index (χ0v) is 12.3. The van der Waals surface area contributed by atoms with Gasteiger partial charge in [-0.15, -0.1) is 0 Å². The summed E-state index contributed by atoms with van der Waals surface area (Å²) in [5, 5.41) is 13.0. The maximum atomic E-state index is 12.3. The lowest BCUT2D eigenvalue weighted by molar-refractivity contribution is -0.133. The third-order valence-electron chi connectivity index (χ3n) is 4.02. The number of morpholine rings is 1. The lowest BCUT2D eigenvalue weighted by Crippen LogP contribution is -2.56. The number of aliphatic hydroxyl groups is 1. The third kappa shape index (κ3) is 4.15. The Balaban J connectivity index is 1.82. The summed E-state index contributed by atoms with van der Waals surface area (Å²) in [6.07, 6.45) is 2.78. The molecule has 0 aromatic rings. The first-order valence-electron chi connectivity index (χ1n) is 7.54. The van der Waals surface area contributed by atoms with Crippen LogP contribution < -0.4 is 5.32 Å². The molecule has 2 saturated heterocycles. The van der Waals surface area contributed by atoms with Crippen molar-refractivity contribution >= 4 is 5.91 Å². The summed E-state index contributed by atoms with van der Waals surface area (Å²) >= 11 is 0. The minimum absolute atomic E-state index is 0.0545. The third-order valence-corrected chi connectivity index (χ3v) is 4.02. The normalized spacial score (nSPS) is 31.4. The first kappa shape index (κ1) is 15.7. The van der Waals surface area contributed by atoms with Gasteiger partial charge in [-0.3, -0.25) is 9.69 Å². The molecular formula is C14H26N2O4. The van der Waals surface area contributed by atoms with Crippen LogP contribution in [0.25, 0.3) is 0 Å². The highest BCUT2D eigenvalue weighted by Crippen LogP contribution is 2.17. The van der Waals surface area contributed by atoms with Gasteiger partial charge in [0.25, 0.3) is 0 Å². The summed E-state index contributed by atoms with van der Waals surface area (Å²) in [4.78, 5) is 14.5. The van der Waals surface area contributed by atoms with Crippen molar-refractivity contribution in [3.63, 3.8) is 0 Å². The molecule has 20 heavy (non-hydrogen) atoms. The van der Waals surface area contributed by atoms with Gasteiger partial charge in [0, 0.05) is 26.1 Å². The standard InChI is InChI=1S/C14H26N2O4/c1-2-3-5-16-6-8-19-9-12(16)13(17)15-10-14(18)4-7-20-11-14/h12,18H,2-11H2,1H3,(H,15,17)/t12-,14+/m0/s1. The van der Waals surface area contributed by atoms with Gasteiger partial charge in [0.05, 0.1) is 19.8 Å². The van der Waals surface area contributed by atoms with E-state index in [1.165, 1.54) is 0 Å². The van der Waals surface area contributed by atoms with Gasteiger partial charge in [-0.1, -0.05) is 13.3 Å². The number of amides is 1. The van der Waals surface area contributed by atoms with E-state index in [1.807, 2.05) is 0 Å². The Morgan fingerprint density at radius 2 is 2.30 bits per heavy atom. The average molecular weight is 286 g/mol. The van der Waals surface area contributed by atoms with Gasteiger partial charge < -0.3 is 19.9 Å². The van der Waals surface area contributed by atoms with E-state index in [9.17, 15) is 9.90 Å². The minimum atomic E-state index is -0.903. The average Bonchev–Trinajstić information content (AvgIpc) is 2.90. The first-order valence-corrected chi connectivity index (χ1v) is 7.54. The Bertz CT molecular complexity index is 318. The number of rotatable bonds is 6. The van der Waals surface area contributed by atoms with Gasteiger partial charge in [0.15, 0.2) is 0 Å². The molecule has 2 aliphatic rings. The molecule has 0 bridgehead atoms. The summed E-state index contributed by atoms with van der Waals surface area (Å²) in [5.74, 6) is -0.0545. The molecule has 2 aliphatic heterocycles. The molecule has 0 aromatic carbocycles. The molecular weight excluding hydrogens is 260 g/mol. The molecule has 2 atom stereocenters.